The maximum atomic E-state index is 12.9. The second-order valence-electron chi connectivity index (χ2n) is 6.12. The number of hydrogen-bond acceptors (Lipinski definition) is 2. The van der Waals surface area contributed by atoms with Crippen molar-refractivity contribution in [2.75, 3.05) is 7.05 Å². The van der Waals surface area contributed by atoms with Gasteiger partial charge >= 0.3 is 0 Å². The first-order chi connectivity index (χ1) is 12.0. The minimum atomic E-state index is 0.0196. The summed E-state index contributed by atoms with van der Waals surface area (Å²) in [4.78, 5) is 18.7. The number of rotatable bonds is 4. The van der Waals surface area contributed by atoms with Crippen molar-refractivity contribution < 1.29 is 4.79 Å². The van der Waals surface area contributed by atoms with E-state index in [2.05, 4.69) is 31.5 Å². The summed E-state index contributed by atoms with van der Waals surface area (Å²) in [6.45, 7) is 4.57. The van der Waals surface area contributed by atoms with Crippen LogP contribution in [-0.4, -0.2) is 27.4 Å². The fraction of sp³-hybridized carbons (Fsp3) is 0.200. The number of carbonyl (C=O) groups excluding carboxylic acids is 1. The Morgan fingerprint density at radius 2 is 1.88 bits per heavy atom. The number of halogens is 1. The number of amides is 1. The van der Waals surface area contributed by atoms with Crippen LogP contribution in [0.5, 0.6) is 0 Å². The molecule has 5 heteroatoms. The average Bonchev–Trinajstić information content (AvgIpc) is 2.89. The monoisotopic (exact) mass is 397 g/mol. The molecule has 4 nitrogen and oxygen atoms in total. The van der Waals surface area contributed by atoms with Crippen LogP contribution in [0.4, 0.5) is 0 Å². The molecule has 0 N–H and O–H groups in total. The second kappa shape index (κ2) is 7.23. The smallest absolute Gasteiger partial charge is 0.255 e. The molecule has 0 saturated heterocycles. The standard InChI is InChI=1S/C20H20BrN3O/c1-14-11-19(15(2)24(14)18-6-4-5-17(21)12-18)20(25)23(3)13-16-7-9-22-10-8-16/h4-12H,13H2,1-3H3. The molecule has 0 radical (unpaired) electrons. The Balaban J connectivity index is 1.90. The molecule has 0 fully saturated rings. The Hall–Kier alpha value is -2.40. The zero-order valence-electron chi connectivity index (χ0n) is 14.5. The van der Waals surface area contributed by atoms with Crippen LogP contribution in [0.1, 0.15) is 27.3 Å². The lowest BCUT2D eigenvalue weighted by Gasteiger charge is -2.17. The molecular formula is C20H20BrN3O. The summed E-state index contributed by atoms with van der Waals surface area (Å²) in [5, 5.41) is 0. The van der Waals surface area contributed by atoms with Gasteiger partial charge in [0.2, 0.25) is 0 Å². The van der Waals surface area contributed by atoms with E-state index < -0.39 is 0 Å². The molecular weight excluding hydrogens is 378 g/mol. The summed E-state index contributed by atoms with van der Waals surface area (Å²) in [6, 6.07) is 13.9. The molecule has 0 unspecified atom stereocenters. The third-order valence-corrected chi connectivity index (χ3v) is 4.74. The SMILES string of the molecule is Cc1cc(C(=O)N(C)Cc2ccncc2)c(C)n1-c1cccc(Br)c1. The number of hydrogen-bond donors (Lipinski definition) is 0. The van der Waals surface area contributed by atoms with Gasteiger partial charge in [0.15, 0.2) is 0 Å². The van der Waals surface area contributed by atoms with Crippen molar-refractivity contribution in [1.82, 2.24) is 14.5 Å². The van der Waals surface area contributed by atoms with Gasteiger partial charge in [-0.1, -0.05) is 22.0 Å². The van der Waals surface area contributed by atoms with Gasteiger partial charge < -0.3 is 9.47 Å². The highest BCUT2D eigenvalue weighted by molar-refractivity contribution is 9.10. The number of aryl methyl sites for hydroxylation is 1. The number of benzene rings is 1. The van der Waals surface area contributed by atoms with E-state index >= 15 is 0 Å². The average molecular weight is 398 g/mol. The van der Waals surface area contributed by atoms with Gasteiger partial charge in [-0.15, -0.1) is 0 Å². The lowest BCUT2D eigenvalue weighted by molar-refractivity contribution is 0.0784. The van der Waals surface area contributed by atoms with Crippen molar-refractivity contribution >= 4 is 21.8 Å². The third kappa shape index (κ3) is 3.66. The van der Waals surface area contributed by atoms with Crippen molar-refractivity contribution in [3.8, 4) is 5.69 Å². The fourth-order valence-electron chi connectivity index (χ4n) is 3.03. The highest BCUT2D eigenvalue weighted by atomic mass is 79.9. The van der Waals surface area contributed by atoms with Crippen molar-refractivity contribution in [3.05, 3.63) is 81.8 Å². The van der Waals surface area contributed by atoms with E-state index in [9.17, 15) is 4.79 Å². The second-order valence-corrected chi connectivity index (χ2v) is 7.03. The quantitative estimate of drug-likeness (QED) is 0.648. The summed E-state index contributed by atoms with van der Waals surface area (Å²) in [6.07, 6.45) is 3.49. The van der Waals surface area contributed by atoms with Crippen LogP contribution < -0.4 is 0 Å². The minimum Gasteiger partial charge on any atom is -0.337 e. The van der Waals surface area contributed by atoms with Gasteiger partial charge in [-0.2, -0.15) is 0 Å². The Bertz CT molecular complexity index is 903. The molecule has 2 heterocycles. The maximum Gasteiger partial charge on any atom is 0.255 e. The highest BCUT2D eigenvalue weighted by Gasteiger charge is 2.20. The first-order valence-corrected chi connectivity index (χ1v) is 8.86. The van der Waals surface area contributed by atoms with Crippen LogP contribution in [-0.2, 0) is 6.54 Å². The molecule has 0 saturated carbocycles. The number of nitrogens with zero attached hydrogens (tertiary/aromatic N) is 3. The summed E-state index contributed by atoms with van der Waals surface area (Å²) in [5.41, 5.74) is 4.82. The molecule has 128 valence electrons. The summed E-state index contributed by atoms with van der Waals surface area (Å²) in [7, 11) is 1.83. The fourth-order valence-corrected chi connectivity index (χ4v) is 3.42. The molecule has 25 heavy (non-hydrogen) atoms. The summed E-state index contributed by atoms with van der Waals surface area (Å²) in [5.74, 6) is 0.0196. The van der Waals surface area contributed by atoms with Gasteiger partial charge in [-0.05, 0) is 55.8 Å². The van der Waals surface area contributed by atoms with E-state index in [1.54, 1.807) is 17.3 Å². The topological polar surface area (TPSA) is 38.1 Å². The van der Waals surface area contributed by atoms with Gasteiger partial charge in [0.05, 0.1) is 5.56 Å². The molecule has 0 spiro atoms. The van der Waals surface area contributed by atoms with Crippen molar-refractivity contribution in [1.29, 1.82) is 0 Å². The molecule has 1 aromatic carbocycles. The molecule has 3 aromatic rings. The van der Waals surface area contributed by atoms with Crippen LogP contribution in [0, 0.1) is 13.8 Å². The zero-order valence-corrected chi connectivity index (χ0v) is 16.1. The van der Waals surface area contributed by atoms with Crippen LogP contribution >= 0.6 is 15.9 Å². The lowest BCUT2D eigenvalue weighted by Crippen LogP contribution is -2.26. The molecule has 0 aliphatic heterocycles. The molecule has 2 aromatic heterocycles. The van der Waals surface area contributed by atoms with Gasteiger partial charge in [-0.3, -0.25) is 9.78 Å². The van der Waals surface area contributed by atoms with E-state index in [4.69, 9.17) is 0 Å². The van der Waals surface area contributed by atoms with Crippen molar-refractivity contribution in [3.63, 3.8) is 0 Å². The molecule has 0 aliphatic carbocycles. The molecule has 0 bridgehead atoms. The van der Waals surface area contributed by atoms with Crippen molar-refractivity contribution in [2.24, 2.45) is 0 Å². The van der Waals surface area contributed by atoms with E-state index in [1.165, 1.54) is 0 Å². The summed E-state index contributed by atoms with van der Waals surface area (Å²) >= 11 is 3.51. The molecule has 0 atom stereocenters. The van der Waals surface area contributed by atoms with Gasteiger partial charge in [0, 0.05) is 47.5 Å². The predicted molar refractivity (Wildman–Crippen MR) is 103 cm³/mol. The third-order valence-electron chi connectivity index (χ3n) is 4.24. The largest absolute Gasteiger partial charge is 0.337 e. The van der Waals surface area contributed by atoms with Gasteiger partial charge in [0.1, 0.15) is 0 Å². The van der Waals surface area contributed by atoms with Crippen molar-refractivity contribution in [2.45, 2.75) is 20.4 Å². The van der Waals surface area contributed by atoms with Crippen LogP contribution in [0.25, 0.3) is 5.69 Å². The van der Waals surface area contributed by atoms with Crippen LogP contribution in [0.3, 0.4) is 0 Å². The number of aromatic nitrogens is 2. The Labute approximate surface area is 156 Å². The first kappa shape index (κ1) is 17.4. The molecule has 1 amide bonds. The maximum absolute atomic E-state index is 12.9. The molecule has 3 rings (SSSR count). The van der Waals surface area contributed by atoms with Gasteiger partial charge in [0.25, 0.3) is 5.91 Å². The Morgan fingerprint density at radius 1 is 1.16 bits per heavy atom. The Morgan fingerprint density at radius 3 is 2.56 bits per heavy atom. The molecule has 0 aliphatic rings. The van der Waals surface area contributed by atoms with E-state index in [0.29, 0.717) is 6.54 Å². The highest BCUT2D eigenvalue weighted by Crippen LogP contribution is 2.24. The van der Waals surface area contributed by atoms with E-state index in [1.807, 2.05) is 57.3 Å². The summed E-state index contributed by atoms with van der Waals surface area (Å²) < 4.78 is 3.12. The first-order valence-electron chi connectivity index (χ1n) is 8.06. The van der Waals surface area contributed by atoms with Gasteiger partial charge in [-0.25, -0.2) is 0 Å². The number of carbonyl (C=O) groups is 1. The van der Waals surface area contributed by atoms with Crippen LogP contribution in [0.15, 0.2) is 59.3 Å². The van der Waals surface area contributed by atoms with E-state index in [-0.39, 0.29) is 5.91 Å². The Kier molecular flexibility index (Phi) is 5.04. The lowest BCUT2D eigenvalue weighted by atomic mass is 10.2. The normalized spacial score (nSPS) is 10.7. The van der Waals surface area contributed by atoms with Crippen LogP contribution in [0.2, 0.25) is 0 Å². The zero-order chi connectivity index (χ0) is 18.0. The predicted octanol–water partition coefficient (Wildman–Crippen LogP) is 4.52. The minimum absolute atomic E-state index is 0.0196. The number of pyridine rings is 1. The van der Waals surface area contributed by atoms with E-state index in [0.717, 1.165) is 32.7 Å².